The van der Waals surface area contributed by atoms with E-state index in [2.05, 4.69) is 31.2 Å². The first-order valence-corrected chi connectivity index (χ1v) is 14.0. The van der Waals surface area contributed by atoms with Crippen molar-refractivity contribution in [3.05, 3.63) is 95.1 Å². The molecule has 3 atom stereocenters. The fourth-order valence-electron chi connectivity index (χ4n) is 4.15. The summed E-state index contributed by atoms with van der Waals surface area (Å²) in [6, 6.07) is 11.7. The van der Waals surface area contributed by atoms with Crippen molar-refractivity contribution >= 4 is 29.5 Å². The van der Waals surface area contributed by atoms with Crippen LogP contribution in [0.4, 0.5) is 4.39 Å². The van der Waals surface area contributed by atoms with Gasteiger partial charge in [-0.25, -0.2) is 14.1 Å². The first kappa shape index (κ1) is 33.0. The minimum atomic E-state index is -1.48. The number of nitrogens with zero attached hydrogens (tertiary/aromatic N) is 5. The van der Waals surface area contributed by atoms with E-state index in [0.29, 0.717) is 22.6 Å². The number of aliphatic hydroxyl groups is 1. The van der Waals surface area contributed by atoms with E-state index >= 15 is 0 Å². The summed E-state index contributed by atoms with van der Waals surface area (Å²) < 4.78 is 26.5. The summed E-state index contributed by atoms with van der Waals surface area (Å²) in [5.41, 5.74) is 1.59. The van der Waals surface area contributed by atoms with Gasteiger partial charge < -0.3 is 30.3 Å². The van der Waals surface area contributed by atoms with Crippen LogP contribution in [0.5, 0.6) is 5.75 Å². The van der Waals surface area contributed by atoms with Crippen molar-refractivity contribution in [3.63, 3.8) is 0 Å². The molecule has 2 aromatic heterocycles. The Balaban J connectivity index is 1.51. The molecule has 3 amide bonds. The third-order valence-corrected chi connectivity index (χ3v) is 6.56. The topological polar surface area (TPSA) is 197 Å². The Bertz CT molecular complexity index is 1760. The molecule has 14 nitrogen and oxygen atoms in total. The molecule has 4 N–H and O–H groups in total. The van der Waals surface area contributed by atoms with Crippen molar-refractivity contribution < 1.29 is 33.1 Å². The highest BCUT2D eigenvalue weighted by Gasteiger charge is 2.31. The van der Waals surface area contributed by atoms with Gasteiger partial charge in [-0.15, -0.1) is 0 Å². The lowest BCUT2D eigenvalue weighted by Gasteiger charge is -2.24. The quantitative estimate of drug-likeness (QED) is 0.158. The zero-order chi connectivity index (χ0) is 33.2. The summed E-state index contributed by atoms with van der Waals surface area (Å²) >= 11 is 0. The van der Waals surface area contributed by atoms with Crippen LogP contribution in [-0.2, 0) is 16.1 Å². The number of amides is 3. The Hall–Kier alpha value is -5.88. The average molecular weight is 631 g/mol. The molecule has 0 saturated heterocycles. The SMILES string of the molecule is Cc1ccc(CNC(=O)[C@H](COc2cccc(/C=C(\C#N)n3cncn3)c2)NC(=O)[C@@H](NC(=O)c2cc(C)on2)[C@@H](C)O)c(F)c1. The van der Waals surface area contributed by atoms with Crippen LogP contribution in [0.3, 0.4) is 0 Å². The Morgan fingerprint density at radius 2 is 1.96 bits per heavy atom. The smallest absolute Gasteiger partial charge is 0.274 e. The van der Waals surface area contributed by atoms with Gasteiger partial charge in [0.1, 0.15) is 60.4 Å². The minimum Gasteiger partial charge on any atom is -0.491 e. The Morgan fingerprint density at radius 1 is 1.15 bits per heavy atom. The predicted molar refractivity (Wildman–Crippen MR) is 161 cm³/mol. The second-order valence-electron chi connectivity index (χ2n) is 10.3. The van der Waals surface area contributed by atoms with E-state index in [0.717, 1.165) is 0 Å². The highest BCUT2D eigenvalue weighted by molar-refractivity contribution is 5.97. The summed E-state index contributed by atoms with van der Waals surface area (Å²) in [5, 5.41) is 34.9. The number of aliphatic hydroxyl groups excluding tert-OH is 1. The van der Waals surface area contributed by atoms with Gasteiger partial charge in [-0.2, -0.15) is 10.4 Å². The molecule has 4 rings (SSSR count). The molecule has 0 radical (unpaired) electrons. The highest BCUT2D eigenvalue weighted by atomic mass is 19.1. The maximum atomic E-state index is 14.4. The number of halogens is 1. The summed E-state index contributed by atoms with van der Waals surface area (Å²) in [6.45, 7) is 4.03. The number of ether oxygens (including phenoxy) is 1. The monoisotopic (exact) mass is 630 g/mol. The van der Waals surface area contributed by atoms with E-state index in [9.17, 15) is 29.1 Å². The number of hydrogen-bond donors (Lipinski definition) is 4. The van der Waals surface area contributed by atoms with Crippen molar-refractivity contribution in [2.75, 3.05) is 6.61 Å². The zero-order valence-corrected chi connectivity index (χ0v) is 25.1. The molecule has 0 fully saturated rings. The lowest BCUT2D eigenvalue weighted by molar-refractivity contribution is -0.132. The molecule has 0 saturated carbocycles. The number of hydrogen-bond acceptors (Lipinski definition) is 10. The molecule has 0 bridgehead atoms. The van der Waals surface area contributed by atoms with Gasteiger partial charge in [-0.1, -0.05) is 29.4 Å². The van der Waals surface area contributed by atoms with Crippen molar-refractivity contribution in [3.8, 4) is 11.8 Å². The largest absolute Gasteiger partial charge is 0.491 e. The van der Waals surface area contributed by atoms with Gasteiger partial charge in [0.25, 0.3) is 5.91 Å². The molecule has 0 aliphatic heterocycles. The van der Waals surface area contributed by atoms with Crippen LogP contribution in [0.1, 0.15) is 39.9 Å². The van der Waals surface area contributed by atoms with Crippen molar-refractivity contribution in [1.29, 1.82) is 5.26 Å². The first-order chi connectivity index (χ1) is 22.0. The fourth-order valence-corrected chi connectivity index (χ4v) is 4.15. The van der Waals surface area contributed by atoms with Crippen molar-refractivity contribution in [2.45, 2.75) is 45.5 Å². The molecule has 0 aliphatic carbocycles. The zero-order valence-electron chi connectivity index (χ0n) is 25.1. The van der Waals surface area contributed by atoms with Crippen LogP contribution in [0.25, 0.3) is 11.8 Å². The summed E-state index contributed by atoms with van der Waals surface area (Å²) in [7, 11) is 0. The summed E-state index contributed by atoms with van der Waals surface area (Å²) in [5.74, 6) is -2.24. The molecule has 238 valence electrons. The van der Waals surface area contributed by atoms with E-state index in [4.69, 9.17) is 9.26 Å². The number of allylic oxidation sites excluding steroid dienone is 1. The molecule has 15 heteroatoms. The van der Waals surface area contributed by atoms with Crippen molar-refractivity contribution in [1.82, 2.24) is 35.9 Å². The van der Waals surface area contributed by atoms with Gasteiger partial charge in [-0.05, 0) is 56.2 Å². The van der Waals surface area contributed by atoms with E-state index < -0.39 is 48.3 Å². The maximum absolute atomic E-state index is 14.4. The van der Waals surface area contributed by atoms with Gasteiger partial charge in [0.15, 0.2) is 5.69 Å². The molecule has 0 unspecified atom stereocenters. The van der Waals surface area contributed by atoms with Crippen molar-refractivity contribution in [2.24, 2.45) is 0 Å². The van der Waals surface area contributed by atoms with Crippen LogP contribution >= 0.6 is 0 Å². The summed E-state index contributed by atoms with van der Waals surface area (Å²) in [6.07, 6.45) is 2.85. The lowest BCUT2D eigenvalue weighted by atomic mass is 10.1. The third kappa shape index (κ3) is 8.83. The van der Waals surface area contributed by atoms with Gasteiger partial charge >= 0.3 is 0 Å². The molecular weight excluding hydrogens is 599 g/mol. The number of nitriles is 1. The summed E-state index contributed by atoms with van der Waals surface area (Å²) in [4.78, 5) is 43.1. The number of rotatable bonds is 13. The Kier molecular flexibility index (Phi) is 10.9. The highest BCUT2D eigenvalue weighted by Crippen LogP contribution is 2.18. The molecular formula is C31H31FN8O6. The molecule has 4 aromatic rings. The number of carbonyl (C=O) groups excluding carboxylic acids is 3. The Labute approximate surface area is 262 Å². The molecule has 2 aromatic carbocycles. The molecule has 2 heterocycles. The second kappa shape index (κ2) is 15.2. The van der Waals surface area contributed by atoms with E-state index in [-0.39, 0.29) is 23.5 Å². The number of carbonyl (C=O) groups is 3. The normalized spacial score (nSPS) is 13.2. The standard InChI is InChI=1S/C31H31FN8O6/c1-18-7-8-22(25(32)9-18)14-35-29(42)27(37-31(44)28(20(3)41)38-30(43)26-10-19(2)46-39-26)15-45-24-6-4-5-21(12-24)11-23(13-33)40-17-34-16-36-40/h4-12,16-17,20,27-28,41H,14-15H2,1-3H3,(H,35,42)(H,37,44)(H,38,43)/b23-11+/t20-,27+,28+/m1/s1. The van der Waals surface area contributed by atoms with Crippen LogP contribution in [-0.4, -0.2) is 67.5 Å². The van der Waals surface area contributed by atoms with E-state index in [1.165, 1.54) is 42.5 Å². The van der Waals surface area contributed by atoms with Gasteiger partial charge in [0, 0.05) is 18.2 Å². The van der Waals surface area contributed by atoms with E-state index in [1.807, 2.05) is 6.07 Å². The van der Waals surface area contributed by atoms with Gasteiger partial charge in [-0.3, -0.25) is 14.4 Å². The van der Waals surface area contributed by atoms with E-state index in [1.54, 1.807) is 50.3 Å². The van der Waals surface area contributed by atoms with Gasteiger partial charge in [0.05, 0.1) is 6.10 Å². The number of benzene rings is 2. The average Bonchev–Trinajstić information content (AvgIpc) is 3.72. The molecule has 46 heavy (non-hydrogen) atoms. The molecule has 0 spiro atoms. The minimum absolute atomic E-state index is 0.106. The third-order valence-electron chi connectivity index (χ3n) is 6.56. The Morgan fingerprint density at radius 3 is 2.61 bits per heavy atom. The first-order valence-electron chi connectivity index (χ1n) is 14.0. The van der Waals surface area contributed by atoms with Crippen LogP contribution in [0, 0.1) is 31.0 Å². The lowest BCUT2D eigenvalue weighted by Crippen LogP contribution is -2.58. The predicted octanol–water partition coefficient (Wildman–Crippen LogP) is 1.90. The molecule has 0 aliphatic rings. The number of aromatic nitrogens is 4. The van der Waals surface area contributed by atoms with Crippen LogP contribution < -0.4 is 20.7 Å². The fraction of sp³-hybridized carbons (Fsp3) is 0.258. The maximum Gasteiger partial charge on any atom is 0.274 e. The number of aryl methyl sites for hydroxylation is 2. The van der Waals surface area contributed by atoms with Gasteiger partial charge in [0.2, 0.25) is 11.8 Å². The second-order valence-corrected chi connectivity index (χ2v) is 10.3. The van der Waals surface area contributed by atoms with Crippen LogP contribution in [0.15, 0.2) is 65.7 Å². The van der Waals surface area contributed by atoms with Crippen LogP contribution in [0.2, 0.25) is 0 Å². The number of nitrogens with one attached hydrogen (secondary N) is 3.